The molecule has 0 radical (unpaired) electrons. The summed E-state index contributed by atoms with van der Waals surface area (Å²) in [5.74, 6) is 1.44. The summed E-state index contributed by atoms with van der Waals surface area (Å²) < 4.78 is 5.51. The summed E-state index contributed by atoms with van der Waals surface area (Å²) in [6.07, 6.45) is -0.690. The third kappa shape index (κ3) is 2.57. The van der Waals surface area contributed by atoms with Crippen LogP contribution in [-0.2, 0) is 6.54 Å². The van der Waals surface area contributed by atoms with Crippen molar-refractivity contribution in [1.82, 2.24) is 4.90 Å². The molecule has 1 aromatic rings. The van der Waals surface area contributed by atoms with Gasteiger partial charge in [0.1, 0.15) is 17.6 Å². The average molecular weight is 198 g/mol. The van der Waals surface area contributed by atoms with Gasteiger partial charge in [-0.25, -0.2) is 0 Å². The lowest BCUT2D eigenvalue weighted by atomic mass is 10.2. The Kier molecular flexibility index (Phi) is 3.69. The maximum Gasteiger partial charge on any atom is 0.134 e. The Hall–Kier alpha value is -0.840. The molecule has 4 heteroatoms. The lowest BCUT2D eigenvalue weighted by Crippen LogP contribution is -2.11. The molecular formula is C10H18N2O2. The van der Waals surface area contributed by atoms with E-state index in [-0.39, 0.29) is 6.54 Å². The first kappa shape index (κ1) is 11.2. The molecule has 1 unspecified atom stereocenters. The maximum atomic E-state index is 9.47. The van der Waals surface area contributed by atoms with Gasteiger partial charge in [-0.05, 0) is 32.6 Å². The summed E-state index contributed by atoms with van der Waals surface area (Å²) in [5, 5.41) is 9.47. The SMILES string of the molecule is Cc1cc(C(O)CN)oc1CN(C)C. The number of aryl methyl sites for hydroxylation is 1. The molecular weight excluding hydrogens is 180 g/mol. The van der Waals surface area contributed by atoms with Crippen LogP contribution in [0.1, 0.15) is 23.2 Å². The van der Waals surface area contributed by atoms with Crippen molar-refractivity contribution in [2.75, 3.05) is 20.6 Å². The summed E-state index contributed by atoms with van der Waals surface area (Å²) in [4.78, 5) is 2.02. The highest BCUT2D eigenvalue weighted by Crippen LogP contribution is 2.20. The molecule has 14 heavy (non-hydrogen) atoms. The van der Waals surface area contributed by atoms with Crippen LogP contribution in [0.5, 0.6) is 0 Å². The van der Waals surface area contributed by atoms with Crippen LogP contribution >= 0.6 is 0 Å². The second-order valence-electron chi connectivity index (χ2n) is 3.74. The van der Waals surface area contributed by atoms with Crippen LogP contribution in [0.4, 0.5) is 0 Å². The van der Waals surface area contributed by atoms with Gasteiger partial charge in [-0.3, -0.25) is 0 Å². The van der Waals surface area contributed by atoms with Gasteiger partial charge in [0.2, 0.25) is 0 Å². The Balaban J connectivity index is 2.82. The number of hydrogen-bond acceptors (Lipinski definition) is 4. The standard InChI is InChI=1S/C10H18N2O2/c1-7-4-9(8(13)5-11)14-10(7)6-12(2)3/h4,8,13H,5-6,11H2,1-3H3. The van der Waals surface area contributed by atoms with Gasteiger partial charge < -0.3 is 20.2 Å². The molecule has 1 rings (SSSR count). The van der Waals surface area contributed by atoms with E-state index in [0.29, 0.717) is 5.76 Å². The van der Waals surface area contributed by atoms with Crippen LogP contribution in [0.2, 0.25) is 0 Å². The molecule has 4 nitrogen and oxygen atoms in total. The third-order valence-electron chi connectivity index (χ3n) is 2.05. The molecule has 0 aliphatic heterocycles. The normalized spacial score (nSPS) is 13.6. The van der Waals surface area contributed by atoms with E-state index in [1.165, 1.54) is 0 Å². The van der Waals surface area contributed by atoms with Crippen molar-refractivity contribution in [3.05, 3.63) is 23.2 Å². The van der Waals surface area contributed by atoms with Gasteiger partial charge in [-0.2, -0.15) is 0 Å². The van der Waals surface area contributed by atoms with Crippen LogP contribution in [0, 0.1) is 6.92 Å². The first-order valence-corrected chi connectivity index (χ1v) is 4.66. The van der Waals surface area contributed by atoms with Gasteiger partial charge in [0.15, 0.2) is 0 Å². The first-order valence-electron chi connectivity index (χ1n) is 4.66. The van der Waals surface area contributed by atoms with Crippen molar-refractivity contribution in [1.29, 1.82) is 0 Å². The van der Waals surface area contributed by atoms with E-state index in [1.807, 2.05) is 32.0 Å². The van der Waals surface area contributed by atoms with Crippen molar-refractivity contribution in [2.45, 2.75) is 19.6 Å². The van der Waals surface area contributed by atoms with Crippen LogP contribution in [0.3, 0.4) is 0 Å². The summed E-state index contributed by atoms with van der Waals surface area (Å²) >= 11 is 0. The Morgan fingerprint density at radius 2 is 2.21 bits per heavy atom. The minimum atomic E-state index is -0.690. The molecule has 0 amide bonds. The van der Waals surface area contributed by atoms with E-state index < -0.39 is 6.10 Å². The van der Waals surface area contributed by atoms with E-state index in [4.69, 9.17) is 10.2 Å². The number of nitrogens with zero attached hydrogens (tertiary/aromatic N) is 1. The highest BCUT2D eigenvalue weighted by Gasteiger charge is 2.13. The first-order chi connectivity index (χ1) is 6.54. The lowest BCUT2D eigenvalue weighted by Gasteiger charge is -2.07. The molecule has 3 N–H and O–H groups in total. The van der Waals surface area contributed by atoms with E-state index in [9.17, 15) is 5.11 Å². The van der Waals surface area contributed by atoms with Crippen LogP contribution in [0.15, 0.2) is 10.5 Å². The van der Waals surface area contributed by atoms with Gasteiger partial charge in [0.25, 0.3) is 0 Å². The molecule has 0 bridgehead atoms. The fourth-order valence-electron chi connectivity index (χ4n) is 1.27. The molecule has 0 aromatic carbocycles. The highest BCUT2D eigenvalue weighted by molar-refractivity contribution is 5.21. The van der Waals surface area contributed by atoms with E-state index in [1.54, 1.807) is 0 Å². The molecule has 0 saturated carbocycles. The summed E-state index contributed by atoms with van der Waals surface area (Å²) in [5.41, 5.74) is 6.40. The number of nitrogens with two attached hydrogens (primary N) is 1. The topological polar surface area (TPSA) is 62.6 Å². The van der Waals surface area contributed by atoms with E-state index >= 15 is 0 Å². The molecule has 80 valence electrons. The van der Waals surface area contributed by atoms with E-state index in [2.05, 4.69) is 0 Å². The van der Waals surface area contributed by atoms with Gasteiger partial charge in [0, 0.05) is 6.54 Å². The molecule has 0 fully saturated rings. The van der Waals surface area contributed by atoms with Crippen molar-refractivity contribution in [3.8, 4) is 0 Å². The summed E-state index contributed by atoms with van der Waals surface area (Å²) in [6.45, 7) is 2.90. The smallest absolute Gasteiger partial charge is 0.134 e. The fraction of sp³-hybridized carbons (Fsp3) is 0.600. The third-order valence-corrected chi connectivity index (χ3v) is 2.05. The lowest BCUT2D eigenvalue weighted by molar-refractivity contribution is 0.154. The Morgan fingerprint density at radius 3 is 2.71 bits per heavy atom. The number of aliphatic hydroxyl groups is 1. The molecule has 1 heterocycles. The van der Waals surface area contributed by atoms with Crippen LogP contribution in [-0.4, -0.2) is 30.6 Å². The Morgan fingerprint density at radius 1 is 1.57 bits per heavy atom. The Labute approximate surface area is 84.3 Å². The molecule has 0 aliphatic carbocycles. The number of rotatable bonds is 4. The monoisotopic (exact) mass is 198 g/mol. The van der Waals surface area contributed by atoms with Crippen LogP contribution in [0.25, 0.3) is 0 Å². The van der Waals surface area contributed by atoms with Crippen molar-refractivity contribution in [3.63, 3.8) is 0 Å². The number of furan rings is 1. The molecule has 1 aromatic heterocycles. The molecule has 0 saturated heterocycles. The predicted molar refractivity (Wildman–Crippen MR) is 54.9 cm³/mol. The quantitative estimate of drug-likeness (QED) is 0.745. The van der Waals surface area contributed by atoms with Gasteiger partial charge >= 0.3 is 0 Å². The van der Waals surface area contributed by atoms with Gasteiger partial charge in [0.05, 0.1) is 6.54 Å². The minimum absolute atomic E-state index is 0.189. The molecule has 0 aliphatic rings. The van der Waals surface area contributed by atoms with Crippen molar-refractivity contribution < 1.29 is 9.52 Å². The van der Waals surface area contributed by atoms with E-state index in [0.717, 1.165) is 17.9 Å². The van der Waals surface area contributed by atoms with Crippen molar-refractivity contribution >= 4 is 0 Å². The highest BCUT2D eigenvalue weighted by atomic mass is 16.4. The summed E-state index contributed by atoms with van der Waals surface area (Å²) in [7, 11) is 3.95. The minimum Gasteiger partial charge on any atom is -0.462 e. The zero-order valence-corrected chi connectivity index (χ0v) is 8.95. The zero-order valence-electron chi connectivity index (χ0n) is 8.95. The second kappa shape index (κ2) is 4.59. The molecule has 1 atom stereocenters. The van der Waals surface area contributed by atoms with Gasteiger partial charge in [-0.15, -0.1) is 0 Å². The maximum absolute atomic E-state index is 9.47. The Bertz CT molecular complexity index is 294. The van der Waals surface area contributed by atoms with Crippen molar-refractivity contribution in [2.24, 2.45) is 5.73 Å². The summed E-state index contributed by atoms with van der Waals surface area (Å²) in [6, 6.07) is 1.84. The van der Waals surface area contributed by atoms with Crippen LogP contribution < -0.4 is 5.73 Å². The second-order valence-corrected chi connectivity index (χ2v) is 3.74. The number of hydrogen-bond donors (Lipinski definition) is 2. The zero-order chi connectivity index (χ0) is 10.7. The van der Waals surface area contributed by atoms with Gasteiger partial charge in [-0.1, -0.05) is 0 Å². The largest absolute Gasteiger partial charge is 0.462 e. The molecule has 0 spiro atoms. The fourth-order valence-corrected chi connectivity index (χ4v) is 1.27. The average Bonchev–Trinajstić information content (AvgIpc) is 2.46. The predicted octanol–water partition coefficient (Wildman–Crippen LogP) is 0.642. The number of aliphatic hydroxyl groups excluding tert-OH is 1.